The Morgan fingerprint density at radius 1 is 0.443 bits per heavy atom. The summed E-state index contributed by atoms with van der Waals surface area (Å²) in [7, 11) is 1.75. The second-order valence-electron chi connectivity index (χ2n) is 15.2. The van der Waals surface area contributed by atoms with Crippen molar-refractivity contribution in [1.29, 1.82) is 0 Å². The van der Waals surface area contributed by atoms with Crippen LogP contribution < -0.4 is 26.6 Å². The number of Topliss-reactive ketones (excluding diaryl/α,β-unsaturated/α-hetero) is 1. The van der Waals surface area contributed by atoms with Gasteiger partial charge in [0, 0.05) is 38.9 Å². The Bertz CT molecular complexity index is 1190. The van der Waals surface area contributed by atoms with Gasteiger partial charge in [-0.05, 0) is 52.5 Å². The van der Waals surface area contributed by atoms with E-state index < -0.39 is 18.0 Å². The van der Waals surface area contributed by atoms with Crippen LogP contribution in [-0.4, -0.2) is 143 Å². The maximum atomic E-state index is 12.3. The quantitative estimate of drug-likeness (QED) is 0.0433. The first-order valence-electron chi connectivity index (χ1n) is 22.5. The number of nitrogens with one attached hydrogen (secondary N) is 5. The number of ether oxygens (including phenoxy) is 4. The third-order valence-electron chi connectivity index (χ3n) is 9.77. The first kappa shape index (κ1) is 57.3. The monoisotopic (exact) mass is 874 g/mol. The van der Waals surface area contributed by atoms with Gasteiger partial charge >= 0.3 is 11.9 Å². The van der Waals surface area contributed by atoms with E-state index in [1.54, 1.807) is 14.0 Å². The lowest BCUT2D eigenvalue weighted by Gasteiger charge is -2.14. The average Bonchev–Trinajstić information content (AvgIpc) is 3.22. The molecule has 2 atom stereocenters. The Balaban J connectivity index is 3.65. The Hall–Kier alpha value is -3.71. The molecule has 18 nitrogen and oxygen atoms in total. The Morgan fingerprint density at radius 2 is 0.885 bits per heavy atom. The van der Waals surface area contributed by atoms with Gasteiger partial charge in [-0.2, -0.15) is 0 Å². The molecule has 0 spiro atoms. The van der Waals surface area contributed by atoms with Crippen molar-refractivity contribution in [3.63, 3.8) is 0 Å². The molecule has 0 aromatic heterocycles. The van der Waals surface area contributed by atoms with E-state index in [0.717, 1.165) is 57.8 Å². The lowest BCUT2D eigenvalue weighted by Crippen LogP contribution is -2.41. The van der Waals surface area contributed by atoms with Crippen molar-refractivity contribution >= 4 is 41.4 Å². The van der Waals surface area contributed by atoms with Gasteiger partial charge in [0.05, 0.1) is 45.7 Å². The maximum Gasteiger partial charge on any atom is 0.326 e. The molecule has 18 heteroatoms. The number of amides is 4. The predicted molar refractivity (Wildman–Crippen MR) is 230 cm³/mol. The largest absolute Gasteiger partial charge is 0.481 e. The minimum atomic E-state index is -1.18. The molecule has 0 aliphatic heterocycles. The molecule has 0 aliphatic carbocycles. The second-order valence-corrected chi connectivity index (χ2v) is 15.2. The first-order chi connectivity index (χ1) is 29.5. The Kier molecular flexibility index (Phi) is 39.1. The van der Waals surface area contributed by atoms with Gasteiger partial charge in [-0.3, -0.25) is 28.8 Å². The SMILES string of the molecule is CN[C@@H](CCCCNC(=O)COCCOCCNC(=O)COCCOCCNC(=O)CCC(NC(=O)CCCCCCCCCCCCCCCCC(=O)O)C(=O)O)C(C)=O. The zero-order valence-corrected chi connectivity index (χ0v) is 37.2. The molecule has 0 saturated carbocycles. The van der Waals surface area contributed by atoms with Crippen LogP contribution in [0.5, 0.6) is 0 Å². The first-order valence-corrected chi connectivity index (χ1v) is 22.5. The molecule has 0 aromatic rings. The van der Waals surface area contributed by atoms with Crippen molar-refractivity contribution in [2.45, 2.75) is 154 Å². The van der Waals surface area contributed by atoms with Crippen LogP contribution in [0.15, 0.2) is 0 Å². The number of rotatable bonds is 45. The van der Waals surface area contributed by atoms with E-state index in [2.05, 4.69) is 26.6 Å². The molecule has 0 fully saturated rings. The highest BCUT2D eigenvalue weighted by Gasteiger charge is 2.21. The number of hydrogen-bond acceptors (Lipinski definition) is 12. The van der Waals surface area contributed by atoms with Crippen LogP contribution in [-0.2, 0) is 52.5 Å². The summed E-state index contributed by atoms with van der Waals surface area (Å²) in [5.41, 5.74) is 0. The summed E-state index contributed by atoms with van der Waals surface area (Å²) in [6.07, 6.45) is 17.8. The molecule has 1 unspecified atom stereocenters. The van der Waals surface area contributed by atoms with Crippen molar-refractivity contribution in [3.05, 3.63) is 0 Å². The van der Waals surface area contributed by atoms with Crippen LogP contribution in [0.2, 0.25) is 0 Å². The Labute approximate surface area is 363 Å². The van der Waals surface area contributed by atoms with E-state index in [1.165, 1.54) is 44.9 Å². The highest BCUT2D eigenvalue weighted by atomic mass is 16.5. The number of hydrogen-bond donors (Lipinski definition) is 7. The molecule has 354 valence electrons. The summed E-state index contributed by atoms with van der Waals surface area (Å²) in [6.45, 7) is 3.67. The lowest BCUT2D eigenvalue weighted by molar-refractivity contribution is -0.142. The molecule has 0 radical (unpaired) electrons. The molecular weight excluding hydrogens is 794 g/mol. The Morgan fingerprint density at radius 3 is 1.34 bits per heavy atom. The van der Waals surface area contributed by atoms with E-state index in [9.17, 15) is 38.7 Å². The minimum absolute atomic E-state index is 0.0258. The molecular formula is C43H79N5O13. The number of carboxylic acid groups (broad SMARTS) is 2. The fourth-order valence-corrected chi connectivity index (χ4v) is 6.22. The van der Waals surface area contributed by atoms with Crippen LogP contribution in [0, 0.1) is 0 Å². The van der Waals surface area contributed by atoms with E-state index in [-0.39, 0.29) is 127 Å². The van der Waals surface area contributed by atoms with Crippen LogP contribution in [0.1, 0.15) is 142 Å². The van der Waals surface area contributed by atoms with Gasteiger partial charge in [-0.15, -0.1) is 0 Å². The van der Waals surface area contributed by atoms with Crippen molar-refractivity contribution in [2.24, 2.45) is 0 Å². The van der Waals surface area contributed by atoms with E-state index in [1.807, 2.05) is 0 Å². The summed E-state index contributed by atoms with van der Waals surface area (Å²) >= 11 is 0. The van der Waals surface area contributed by atoms with E-state index >= 15 is 0 Å². The molecule has 0 aliphatic rings. The summed E-state index contributed by atoms with van der Waals surface area (Å²) in [4.78, 5) is 81.8. The number of carbonyl (C=O) groups excluding carboxylic acids is 5. The van der Waals surface area contributed by atoms with Gasteiger partial charge in [-0.1, -0.05) is 77.0 Å². The van der Waals surface area contributed by atoms with E-state index in [0.29, 0.717) is 13.0 Å². The second kappa shape index (κ2) is 41.6. The highest BCUT2D eigenvalue weighted by molar-refractivity contribution is 5.84. The van der Waals surface area contributed by atoms with Crippen molar-refractivity contribution in [2.75, 3.05) is 79.5 Å². The molecule has 0 rings (SSSR count). The number of carbonyl (C=O) groups is 7. The molecule has 4 amide bonds. The number of unbranched alkanes of at least 4 members (excludes halogenated alkanes) is 14. The fraction of sp³-hybridized carbons (Fsp3) is 0.837. The third kappa shape index (κ3) is 40.1. The van der Waals surface area contributed by atoms with E-state index in [4.69, 9.17) is 24.1 Å². The molecule has 61 heavy (non-hydrogen) atoms. The van der Waals surface area contributed by atoms with Gasteiger partial charge in [0.25, 0.3) is 0 Å². The van der Waals surface area contributed by atoms with Crippen LogP contribution in [0.4, 0.5) is 0 Å². The van der Waals surface area contributed by atoms with Crippen molar-refractivity contribution in [3.8, 4) is 0 Å². The summed E-state index contributed by atoms with van der Waals surface area (Å²) in [5.74, 6) is -3.01. The summed E-state index contributed by atoms with van der Waals surface area (Å²) in [6, 6.07) is -1.29. The van der Waals surface area contributed by atoms with Crippen LogP contribution in [0.25, 0.3) is 0 Å². The third-order valence-corrected chi connectivity index (χ3v) is 9.77. The summed E-state index contributed by atoms with van der Waals surface area (Å²) in [5, 5.41) is 31.8. The summed E-state index contributed by atoms with van der Waals surface area (Å²) < 4.78 is 21.3. The number of ketones is 1. The van der Waals surface area contributed by atoms with Crippen LogP contribution >= 0.6 is 0 Å². The topological polar surface area (TPSA) is 257 Å². The molecule has 0 aromatic carbocycles. The maximum absolute atomic E-state index is 12.3. The van der Waals surface area contributed by atoms with Gasteiger partial charge in [-0.25, -0.2) is 4.79 Å². The number of carboxylic acids is 2. The fourth-order valence-electron chi connectivity index (χ4n) is 6.22. The minimum Gasteiger partial charge on any atom is -0.481 e. The van der Waals surface area contributed by atoms with Crippen molar-refractivity contribution < 1.29 is 62.7 Å². The van der Waals surface area contributed by atoms with Gasteiger partial charge in [0.2, 0.25) is 23.6 Å². The predicted octanol–water partition coefficient (Wildman–Crippen LogP) is 3.42. The average molecular weight is 874 g/mol. The number of aliphatic carboxylic acids is 2. The molecule has 7 N–H and O–H groups in total. The van der Waals surface area contributed by atoms with Gasteiger partial charge in [0.1, 0.15) is 25.0 Å². The zero-order chi connectivity index (χ0) is 45.2. The zero-order valence-electron chi connectivity index (χ0n) is 37.2. The van der Waals surface area contributed by atoms with Crippen LogP contribution in [0.3, 0.4) is 0 Å². The van der Waals surface area contributed by atoms with Crippen molar-refractivity contribution in [1.82, 2.24) is 26.6 Å². The molecule has 0 saturated heterocycles. The smallest absolute Gasteiger partial charge is 0.326 e. The standard InChI is InChI=1S/C43H79N5O13/c1-35(49)36(44-2)19-17-18-24-45-40(52)33-60-31-30-59-28-26-47-41(53)34-61-32-29-58-27-25-46-38(50)23-22-37(43(56)57)48-39(51)20-15-13-11-9-7-5-3-4-6-8-10-12-14-16-21-42(54)55/h36-37,44H,3-34H2,1-2H3,(H,45,52)(H,46,50)(H,47,53)(H,48,51)(H,54,55)(H,56,57)/t36-,37?/m0/s1. The highest BCUT2D eigenvalue weighted by Crippen LogP contribution is 2.14. The molecule has 0 bridgehead atoms. The van der Waals surface area contributed by atoms with Gasteiger partial charge in [0.15, 0.2) is 0 Å². The number of likely N-dealkylation sites (N-methyl/N-ethyl adjacent to an activating group) is 1. The van der Waals surface area contributed by atoms with Gasteiger partial charge < -0.3 is 55.7 Å². The molecule has 0 heterocycles. The lowest BCUT2D eigenvalue weighted by atomic mass is 10.0. The normalized spacial score (nSPS) is 12.0.